The molecule has 4 aliphatic rings. The molecule has 3 fully saturated rings. The topological polar surface area (TPSA) is 119 Å². The number of carbonyl (C=O) groups is 3. The smallest absolute Gasteiger partial charge is 0.438 e. The van der Waals surface area contributed by atoms with Crippen molar-refractivity contribution < 1.29 is 29.0 Å². The Labute approximate surface area is 205 Å². The molecule has 0 aromatic carbocycles. The molecule has 0 saturated heterocycles. The molecule has 2 N–H and O–H groups in total. The van der Waals surface area contributed by atoms with E-state index in [1.54, 1.807) is 18.5 Å². The van der Waals surface area contributed by atoms with Gasteiger partial charge in [0.1, 0.15) is 17.0 Å². The van der Waals surface area contributed by atoms with Crippen molar-refractivity contribution in [2.45, 2.75) is 83.3 Å². The first-order valence-corrected chi connectivity index (χ1v) is 12.8. The van der Waals surface area contributed by atoms with Crippen LogP contribution in [0.1, 0.15) is 71.5 Å². The van der Waals surface area contributed by atoms with Crippen LogP contribution in [-0.4, -0.2) is 51.1 Å². The van der Waals surface area contributed by atoms with Crippen LogP contribution in [0.25, 0.3) is 0 Å². The van der Waals surface area contributed by atoms with Gasteiger partial charge in [0.25, 0.3) is 0 Å². The number of Topliss-reactive ketones (excluding diaryl/α,β-unsaturated/α-hetero) is 1. The highest BCUT2D eigenvalue weighted by atomic mass is 16.7. The fourth-order valence-electron chi connectivity index (χ4n) is 8.52. The van der Waals surface area contributed by atoms with E-state index in [2.05, 4.69) is 16.9 Å². The van der Waals surface area contributed by atoms with Gasteiger partial charge in [-0.1, -0.05) is 26.3 Å². The fourth-order valence-corrected chi connectivity index (χ4v) is 8.52. The summed E-state index contributed by atoms with van der Waals surface area (Å²) in [5, 5.41) is 12.1. The van der Waals surface area contributed by atoms with E-state index in [9.17, 15) is 19.5 Å². The lowest BCUT2D eigenvalue weighted by molar-refractivity contribution is -0.217. The number of fused-ring (bicyclic) bond motifs is 5. The highest BCUT2D eigenvalue weighted by Gasteiger charge is 2.73. The van der Waals surface area contributed by atoms with Crippen LogP contribution in [0.4, 0.5) is 4.79 Å². The Morgan fingerprint density at radius 2 is 1.97 bits per heavy atom. The van der Waals surface area contributed by atoms with E-state index in [0.717, 1.165) is 18.4 Å². The van der Waals surface area contributed by atoms with Gasteiger partial charge in [0.15, 0.2) is 11.6 Å². The van der Waals surface area contributed by atoms with Crippen LogP contribution in [0.3, 0.4) is 0 Å². The van der Waals surface area contributed by atoms with Gasteiger partial charge < -0.3 is 19.6 Å². The van der Waals surface area contributed by atoms with Crippen LogP contribution in [0.5, 0.6) is 0 Å². The number of aromatic amines is 1. The summed E-state index contributed by atoms with van der Waals surface area (Å²) in [5.74, 6) is 0.149. The van der Waals surface area contributed by atoms with Gasteiger partial charge in [-0.2, -0.15) is 0 Å². The highest BCUT2D eigenvalue weighted by Crippen LogP contribution is 2.71. The summed E-state index contributed by atoms with van der Waals surface area (Å²) in [4.78, 5) is 45.7. The van der Waals surface area contributed by atoms with E-state index in [1.165, 1.54) is 7.11 Å². The van der Waals surface area contributed by atoms with Crippen molar-refractivity contribution in [2.75, 3.05) is 7.11 Å². The first-order valence-electron chi connectivity index (χ1n) is 12.8. The molecule has 0 aliphatic heterocycles. The number of aromatic nitrogens is 2. The third kappa shape index (κ3) is 3.14. The Hall–Kier alpha value is -2.48. The average Bonchev–Trinajstić information content (AvgIpc) is 3.40. The lowest BCUT2D eigenvalue weighted by atomic mass is 9.43. The second kappa shape index (κ2) is 8.02. The Morgan fingerprint density at radius 3 is 2.66 bits per heavy atom. The predicted molar refractivity (Wildman–Crippen MR) is 126 cm³/mol. The molecule has 0 amide bonds. The minimum atomic E-state index is -1.50. The number of hydrogen-bond donors (Lipinski definition) is 2. The van der Waals surface area contributed by atoms with Crippen molar-refractivity contribution in [1.82, 2.24) is 9.97 Å². The van der Waals surface area contributed by atoms with Gasteiger partial charge in [-0.05, 0) is 56.4 Å². The van der Waals surface area contributed by atoms with Gasteiger partial charge in [-0.15, -0.1) is 0 Å². The van der Waals surface area contributed by atoms with E-state index in [1.807, 2.05) is 13.8 Å². The Morgan fingerprint density at radius 1 is 1.20 bits per heavy atom. The van der Waals surface area contributed by atoms with Gasteiger partial charge in [0.2, 0.25) is 0 Å². The second-order valence-corrected chi connectivity index (χ2v) is 11.6. The van der Waals surface area contributed by atoms with Crippen molar-refractivity contribution in [3.8, 4) is 0 Å². The van der Waals surface area contributed by atoms with Crippen molar-refractivity contribution in [2.24, 2.45) is 28.6 Å². The molecular formula is C27H36N2O6. The van der Waals surface area contributed by atoms with Crippen LogP contribution in [0, 0.1) is 28.6 Å². The van der Waals surface area contributed by atoms with Crippen molar-refractivity contribution in [3.05, 3.63) is 29.9 Å². The number of imidazole rings is 1. The minimum absolute atomic E-state index is 0.0162. The van der Waals surface area contributed by atoms with Gasteiger partial charge in [-0.3, -0.25) is 9.59 Å². The van der Waals surface area contributed by atoms with Crippen LogP contribution >= 0.6 is 0 Å². The Kier molecular flexibility index (Phi) is 5.55. The van der Waals surface area contributed by atoms with Crippen LogP contribution in [-0.2, 0) is 25.5 Å². The molecule has 190 valence electrons. The average molecular weight is 485 g/mol. The van der Waals surface area contributed by atoms with Crippen LogP contribution in [0.2, 0.25) is 0 Å². The molecule has 0 spiro atoms. The lowest BCUT2D eigenvalue weighted by Crippen LogP contribution is -2.67. The molecule has 8 nitrogen and oxygen atoms in total. The normalized spacial score (nSPS) is 42.4. The standard InChI is InChI=1S/C27H36N2O6/c1-16-13-20-19-6-5-17-14-18(30)7-8-24(17,2)26(19,35-23(32)34-4)10-9-25(20,3)27(16,33)21(31)15-22-28-11-12-29-22/h11-12,14,16,19-20,33H,5-10,13,15H2,1-4H3,(H,28,29)/t16-,19-,20-,24-,25-,26+,27+/m0/s1. The summed E-state index contributed by atoms with van der Waals surface area (Å²) in [6, 6.07) is 0. The van der Waals surface area contributed by atoms with Crippen molar-refractivity contribution >= 4 is 17.7 Å². The Bertz CT molecular complexity index is 1080. The number of H-pyrrole nitrogens is 1. The lowest BCUT2D eigenvalue weighted by Gasteiger charge is -2.64. The van der Waals surface area contributed by atoms with E-state index < -0.39 is 28.2 Å². The molecule has 1 heterocycles. The summed E-state index contributed by atoms with van der Waals surface area (Å²) in [5.41, 5.74) is -2.44. The first-order chi connectivity index (χ1) is 16.5. The van der Waals surface area contributed by atoms with E-state index >= 15 is 0 Å². The summed E-state index contributed by atoms with van der Waals surface area (Å²) < 4.78 is 11.2. The van der Waals surface area contributed by atoms with Crippen molar-refractivity contribution in [1.29, 1.82) is 0 Å². The summed E-state index contributed by atoms with van der Waals surface area (Å²) >= 11 is 0. The molecule has 0 unspecified atom stereocenters. The maximum atomic E-state index is 13.6. The molecular weight excluding hydrogens is 448 g/mol. The van der Waals surface area contributed by atoms with E-state index in [4.69, 9.17) is 9.47 Å². The monoisotopic (exact) mass is 484 g/mol. The first kappa shape index (κ1) is 24.2. The number of rotatable bonds is 4. The molecule has 0 radical (unpaired) electrons. The Balaban J connectivity index is 1.56. The molecule has 1 aromatic heterocycles. The zero-order valence-electron chi connectivity index (χ0n) is 21.1. The van der Waals surface area contributed by atoms with Gasteiger partial charge in [-0.25, -0.2) is 9.78 Å². The number of carbonyl (C=O) groups excluding carboxylic acids is 3. The number of ether oxygens (including phenoxy) is 2. The SMILES string of the molecule is COC(=O)O[C@]12CC[C@@]3(C)[C@@H](C[C@H](C)[C@@]3(O)C(=O)Cc3ncc[nH]3)[C@@H]1CCC1=CC(=O)CC[C@@]12C. The predicted octanol–water partition coefficient (Wildman–Crippen LogP) is 3.94. The van der Waals surface area contributed by atoms with Crippen LogP contribution < -0.4 is 0 Å². The summed E-state index contributed by atoms with van der Waals surface area (Å²) in [6.07, 6.45) is 8.61. The van der Waals surface area contributed by atoms with Gasteiger partial charge in [0, 0.05) is 35.6 Å². The minimum Gasteiger partial charge on any atom is -0.438 e. The second-order valence-electron chi connectivity index (χ2n) is 11.6. The number of hydrogen-bond acceptors (Lipinski definition) is 7. The quantitative estimate of drug-likeness (QED) is 0.622. The molecule has 7 atom stereocenters. The van der Waals surface area contributed by atoms with E-state index in [0.29, 0.717) is 37.9 Å². The van der Waals surface area contributed by atoms with Crippen molar-refractivity contribution in [3.63, 3.8) is 0 Å². The molecule has 5 rings (SSSR count). The third-order valence-corrected chi connectivity index (χ3v) is 10.4. The molecule has 4 aliphatic carbocycles. The number of nitrogens with zero attached hydrogens (tertiary/aromatic N) is 1. The van der Waals surface area contributed by atoms with Crippen LogP contribution in [0.15, 0.2) is 24.0 Å². The van der Waals surface area contributed by atoms with Gasteiger partial charge >= 0.3 is 6.16 Å². The number of aliphatic hydroxyl groups is 1. The summed E-state index contributed by atoms with van der Waals surface area (Å²) in [7, 11) is 1.32. The zero-order chi connectivity index (χ0) is 25.2. The zero-order valence-corrected chi connectivity index (χ0v) is 21.1. The maximum Gasteiger partial charge on any atom is 0.508 e. The maximum absolute atomic E-state index is 13.6. The number of ketones is 2. The molecule has 3 saturated carbocycles. The summed E-state index contributed by atoms with van der Waals surface area (Å²) in [6.45, 7) is 6.12. The molecule has 1 aromatic rings. The number of methoxy groups -OCH3 is 1. The highest BCUT2D eigenvalue weighted by molar-refractivity contribution is 5.92. The largest absolute Gasteiger partial charge is 0.508 e. The van der Waals surface area contributed by atoms with Gasteiger partial charge in [0.05, 0.1) is 13.5 Å². The number of nitrogens with one attached hydrogen (secondary N) is 1. The molecule has 35 heavy (non-hydrogen) atoms. The molecule has 0 bridgehead atoms. The third-order valence-electron chi connectivity index (χ3n) is 10.4. The molecule has 8 heteroatoms. The fraction of sp³-hybridized carbons (Fsp3) is 0.704. The van der Waals surface area contributed by atoms with E-state index in [-0.39, 0.29) is 35.7 Å².